The third-order valence-corrected chi connectivity index (χ3v) is 3.42. The summed E-state index contributed by atoms with van der Waals surface area (Å²) in [5.74, 6) is 0.722. The predicted molar refractivity (Wildman–Crippen MR) is 87.4 cm³/mol. The molecule has 118 valence electrons. The minimum absolute atomic E-state index is 0.0608. The van der Waals surface area contributed by atoms with Crippen molar-refractivity contribution in [2.75, 3.05) is 17.6 Å². The molecule has 7 heteroatoms. The molecule has 4 N–H and O–H groups in total. The molecule has 0 fully saturated rings. The maximum Gasteiger partial charge on any atom is 0.222 e. The lowest BCUT2D eigenvalue weighted by Gasteiger charge is -2.31. The van der Waals surface area contributed by atoms with Gasteiger partial charge in [-0.2, -0.15) is 4.98 Å². The summed E-state index contributed by atoms with van der Waals surface area (Å²) in [4.78, 5) is 24.0. The van der Waals surface area contributed by atoms with Gasteiger partial charge in [0, 0.05) is 19.7 Å². The molecule has 2 aromatic rings. The fourth-order valence-corrected chi connectivity index (χ4v) is 2.42. The number of nitrogens with two attached hydrogens (primary N) is 1. The largest absolute Gasteiger partial charge is 0.368 e. The SMILES string of the molecule is CCC[C@](C)(CNC(C)=O)Nc1nc(N)nc2cccnc12. The van der Waals surface area contributed by atoms with Gasteiger partial charge in [-0.05, 0) is 25.5 Å². The number of amides is 1. The van der Waals surface area contributed by atoms with Crippen LogP contribution in [0.1, 0.15) is 33.6 Å². The van der Waals surface area contributed by atoms with Crippen molar-refractivity contribution in [3.63, 3.8) is 0 Å². The minimum Gasteiger partial charge on any atom is -0.368 e. The topological polar surface area (TPSA) is 106 Å². The highest BCUT2D eigenvalue weighted by Gasteiger charge is 2.25. The number of nitrogens with one attached hydrogen (secondary N) is 2. The summed E-state index contributed by atoms with van der Waals surface area (Å²) in [5, 5.41) is 6.24. The van der Waals surface area contributed by atoms with Crippen LogP contribution in [-0.2, 0) is 4.79 Å². The minimum atomic E-state index is -0.342. The molecule has 2 rings (SSSR count). The first kappa shape index (κ1) is 15.9. The van der Waals surface area contributed by atoms with E-state index in [0.717, 1.165) is 12.8 Å². The van der Waals surface area contributed by atoms with E-state index >= 15 is 0 Å². The molecule has 0 aromatic carbocycles. The number of anilines is 2. The lowest BCUT2D eigenvalue weighted by atomic mass is 9.95. The molecule has 0 bridgehead atoms. The maximum atomic E-state index is 11.2. The molecule has 0 spiro atoms. The normalized spacial score (nSPS) is 13.6. The number of hydrogen-bond acceptors (Lipinski definition) is 6. The third kappa shape index (κ3) is 3.81. The Morgan fingerprint density at radius 3 is 2.86 bits per heavy atom. The van der Waals surface area contributed by atoms with Crippen LogP contribution in [0.2, 0.25) is 0 Å². The Morgan fingerprint density at radius 2 is 2.18 bits per heavy atom. The molecule has 1 amide bonds. The van der Waals surface area contributed by atoms with Crippen molar-refractivity contribution >= 4 is 28.7 Å². The van der Waals surface area contributed by atoms with Crippen molar-refractivity contribution < 1.29 is 4.79 Å². The van der Waals surface area contributed by atoms with Gasteiger partial charge in [0.15, 0.2) is 5.82 Å². The Balaban J connectivity index is 2.35. The summed E-state index contributed by atoms with van der Waals surface area (Å²) in [5.41, 5.74) is 6.80. The molecule has 0 saturated carbocycles. The average molecular weight is 302 g/mol. The molecule has 0 aliphatic carbocycles. The van der Waals surface area contributed by atoms with Crippen molar-refractivity contribution in [2.45, 2.75) is 39.2 Å². The smallest absolute Gasteiger partial charge is 0.222 e. The second-order valence-electron chi connectivity index (χ2n) is 5.65. The molecule has 0 aliphatic heterocycles. The summed E-state index contributed by atoms with van der Waals surface area (Å²) >= 11 is 0. The quantitative estimate of drug-likeness (QED) is 0.750. The van der Waals surface area contributed by atoms with Crippen LogP contribution in [0.15, 0.2) is 18.3 Å². The highest BCUT2D eigenvalue weighted by Crippen LogP contribution is 2.24. The summed E-state index contributed by atoms with van der Waals surface area (Å²) in [6.07, 6.45) is 3.53. The number of nitrogen functional groups attached to an aromatic ring is 1. The number of rotatable bonds is 6. The van der Waals surface area contributed by atoms with E-state index in [1.165, 1.54) is 6.92 Å². The van der Waals surface area contributed by atoms with Crippen LogP contribution in [0.4, 0.5) is 11.8 Å². The summed E-state index contributed by atoms with van der Waals surface area (Å²) in [6.45, 7) is 6.14. The highest BCUT2D eigenvalue weighted by molar-refractivity contribution is 5.86. The summed E-state index contributed by atoms with van der Waals surface area (Å²) in [7, 11) is 0. The van der Waals surface area contributed by atoms with Gasteiger partial charge in [0.2, 0.25) is 11.9 Å². The molecule has 7 nitrogen and oxygen atoms in total. The van der Waals surface area contributed by atoms with Crippen LogP contribution < -0.4 is 16.4 Å². The number of carbonyl (C=O) groups is 1. The lowest BCUT2D eigenvalue weighted by molar-refractivity contribution is -0.119. The van der Waals surface area contributed by atoms with E-state index in [4.69, 9.17) is 5.73 Å². The second-order valence-corrected chi connectivity index (χ2v) is 5.65. The van der Waals surface area contributed by atoms with Crippen LogP contribution in [0.5, 0.6) is 0 Å². The van der Waals surface area contributed by atoms with Gasteiger partial charge in [0.05, 0.1) is 11.1 Å². The van der Waals surface area contributed by atoms with E-state index in [0.29, 0.717) is 23.4 Å². The van der Waals surface area contributed by atoms with Crippen molar-refractivity contribution in [2.24, 2.45) is 0 Å². The van der Waals surface area contributed by atoms with E-state index in [-0.39, 0.29) is 17.4 Å². The van der Waals surface area contributed by atoms with Gasteiger partial charge in [0.25, 0.3) is 0 Å². The fraction of sp³-hybridized carbons (Fsp3) is 0.467. The van der Waals surface area contributed by atoms with Crippen molar-refractivity contribution in [3.8, 4) is 0 Å². The van der Waals surface area contributed by atoms with Crippen molar-refractivity contribution in [3.05, 3.63) is 18.3 Å². The number of pyridine rings is 1. The van der Waals surface area contributed by atoms with Crippen molar-refractivity contribution in [1.82, 2.24) is 20.3 Å². The Hall–Kier alpha value is -2.44. The second kappa shape index (κ2) is 6.55. The molecule has 0 aliphatic rings. The van der Waals surface area contributed by atoms with Gasteiger partial charge in [-0.25, -0.2) is 4.98 Å². The van der Waals surface area contributed by atoms with Gasteiger partial charge < -0.3 is 16.4 Å². The molecule has 0 radical (unpaired) electrons. The predicted octanol–water partition coefficient (Wildman–Crippen LogP) is 1.71. The van der Waals surface area contributed by atoms with Gasteiger partial charge in [-0.15, -0.1) is 0 Å². The van der Waals surface area contributed by atoms with Gasteiger partial charge in [-0.3, -0.25) is 9.78 Å². The van der Waals surface area contributed by atoms with E-state index < -0.39 is 0 Å². The number of hydrogen-bond donors (Lipinski definition) is 3. The van der Waals surface area contributed by atoms with Gasteiger partial charge in [0.1, 0.15) is 5.52 Å². The van der Waals surface area contributed by atoms with Crippen LogP contribution in [0, 0.1) is 0 Å². The van der Waals surface area contributed by atoms with Crippen molar-refractivity contribution in [1.29, 1.82) is 0 Å². The Kier molecular flexibility index (Phi) is 4.75. The van der Waals surface area contributed by atoms with E-state index in [1.54, 1.807) is 12.3 Å². The molecule has 2 heterocycles. The monoisotopic (exact) mass is 302 g/mol. The summed E-state index contributed by atoms with van der Waals surface area (Å²) < 4.78 is 0. The number of nitrogens with zero attached hydrogens (tertiary/aromatic N) is 3. The van der Waals surface area contributed by atoms with Crippen LogP contribution in [0.3, 0.4) is 0 Å². The Bertz CT molecular complexity index is 674. The summed E-state index contributed by atoms with van der Waals surface area (Å²) in [6, 6.07) is 3.65. The number of carbonyl (C=O) groups excluding carboxylic acids is 1. The molecule has 0 unspecified atom stereocenters. The zero-order chi connectivity index (χ0) is 16.2. The van der Waals surface area contributed by atoms with Crippen LogP contribution >= 0.6 is 0 Å². The zero-order valence-electron chi connectivity index (χ0n) is 13.2. The number of fused-ring (bicyclic) bond motifs is 1. The first-order chi connectivity index (χ1) is 10.4. The van der Waals surface area contributed by atoms with Gasteiger partial charge >= 0.3 is 0 Å². The Morgan fingerprint density at radius 1 is 1.41 bits per heavy atom. The highest BCUT2D eigenvalue weighted by atomic mass is 16.1. The van der Waals surface area contributed by atoms with Crippen LogP contribution in [-0.4, -0.2) is 32.9 Å². The molecular weight excluding hydrogens is 280 g/mol. The average Bonchev–Trinajstić information content (AvgIpc) is 2.45. The first-order valence-electron chi connectivity index (χ1n) is 7.34. The van der Waals surface area contributed by atoms with E-state index in [1.807, 2.05) is 13.0 Å². The Labute approximate surface area is 129 Å². The van der Waals surface area contributed by atoms with Crippen LogP contribution in [0.25, 0.3) is 11.0 Å². The van der Waals surface area contributed by atoms with E-state index in [2.05, 4.69) is 32.5 Å². The molecule has 0 saturated heterocycles. The molecule has 2 aromatic heterocycles. The molecular formula is C15H22N6O. The first-order valence-corrected chi connectivity index (χ1v) is 7.34. The van der Waals surface area contributed by atoms with Gasteiger partial charge in [-0.1, -0.05) is 13.3 Å². The third-order valence-electron chi connectivity index (χ3n) is 3.42. The lowest BCUT2D eigenvalue weighted by Crippen LogP contribution is -2.46. The fourth-order valence-electron chi connectivity index (χ4n) is 2.42. The zero-order valence-corrected chi connectivity index (χ0v) is 13.2. The van der Waals surface area contributed by atoms with E-state index in [9.17, 15) is 4.79 Å². The standard InChI is InChI=1S/C15H22N6O/c1-4-7-15(3,9-18-10(2)22)21-13-12-11(6-5-8-17-12)19-14(16)20-13/h5-6,8H,4,7,9H2,1-3H3,(H,18,22)(H3,16,19,20,21)/t15-/m1/s1. The molecule has 22 heavy (non-hydrogen) atoms. The number of aromatic nitrogens is 3. The molecule has 1 atom stereocenters. The maximum absolute atomic E-state index is 11.2.